The summed E-state index contributed by atoms with van der Waals surface area (Å²) in [6.07, 6.45) is 2.28. The Balaban J connectivity index is 1.39. The summed E-state index contributed by atoms with van der Waals surface area (Å²) in [5.41, 5.74) is 0.466. The molecule has 1 aliphatic carbocycles. The SMILES string of the molecule is [B]C([B])(C)Cc1nc(NC2CCN(C3CCC3)C[C@@H]2F)nn2cc(F)c(-c3cc(F)c4ncn(CC(F)F)c4c3)c12. The molecular formula is C27H28B2F5N7. The number of imidazole rings is 1. The zero-order chi connectivity index (χ0) is 29.1. The monoisotopic (exact) mass is 567 g/mol. The molecule has 1 saturated heterocycles. The van der Waals surface area contributed by atoms with Crippen molar-refractivity contribution in [3.05, 3.63) is 42.0 Å². The van der Waals surface area contributed by atoms with Crippen LogP contribution in [-0.4, -0.2) is 82.5 Å². The van der Waals surface area contributed by atoms with Crippen molar-refractivity contribution in [1.29, 1.82) is 0 Å². The molecule has 4 aromatic rings. The van der Waals surface area contributed by atoms with Crippen LogP contribution in [0.3, 0.4) is 0 Å². The second-order valence-electron chi connectivity index (χ2n) is 11.5. The van der Waals surface area contributed by atoms with Crippen LogP contribution < -0.4 is 5.32 Å². The van der Waals surface area contributed by atoms with Gasteiger partial charge in [-0.15, -0.1) is 5.10 Å². The summed E-state index contributed by atoms with van der Waals surface area (Å²) in [6, 6.07) is 2.39. The molecule has 0 spiro atoms. The van der Waals surface area contributed by atoms with Gasteiger partial charge in [0.1, 0.15) is 11.7 Å². The lowest BCUT2D eigenvalue weighted by Gasteiger charge is -2.43. The van der Waals surface area contributed by atoms with Crippen molar-refractivity contribution in [2.75, 3.05) is 18.4 Å². The Morgan fingerprint density at radius 2 is 1.93 bits per heavy atom. The maximum Gasteiger partial charge on any atom is 0.256 e. The quantitative estimate of drug-likeness (QED) is 0.248. The predicted octanol–water partition coefficient (Wildman–Crippen LogP) is 4.68. The molecule has 2 aliphatic rings. The van der Waals surface area contributed by atoms with Crippen LogP contribution in [-0.2, 0) is 13.0 Å². The van der Waals surface area contributed by atoms with Crippen molar-refractivity contribution in [2.24, 2.45) is 0 Å². The van der Waals surface area contributed by atoms with Gasteiger partial charge in [0, 0.05) is 24.7 Å². The number of fused-ring (bicyclic) bond motifs is 2. The number of hydrogen-bond acceptors (Lipinski definition) is 5. The number of anilines is 1. The molecule has 14 heteroatoms. The molecule has 2 fully saturated rings. The van der Waals surface area contributed by atoms with Crippen LogP contribution in [0, 0.1) is 11.6 Å². The Labute approximate surface area is 236 Å². The number of nitrogens with zero attached hydrogens (tertiary/aromatic N) is 6. The van der Waals surface area contributed by atoms with Crippen LogP contribution in [0.2, 0.25) is 5.21 Å². The summed E-state index contributed by atoms with van der Waals surface area (Å²) in [7, 11) is 12.2. The van der Waals surface area contributed by atoms with Crippen molar-refractivity contribution in [3.63, 3.8) is 0 Å². The smallest absolute Gasteiger partial charge is 0.256 e. The number of benzene rings is 1. The summed E-state index contributed by atoms with van der Waals surface area (Å²) >= 11 is 0. The van der Waals surface area contributed by atoms with Gasteiger partial charge in [0.15, 0.2) is 11.6 Å². The molecule has 212 valence electrons. The Bertz CT molecular complexity index is 1580. The van der Waals surface area contributed by atoms with E-state index in [0.717, 1.165) is 42.5 Å². The largest absolute Gasteiger partial charge is 0.347 e. The number of nitrogens with one attached hydrogen (secondary N) is 1. The van der Waals surface area contributed by atoms with Crippen LogP contribution >= 0.6 is 0 Å². The highest BCUT2D eigenvalue weighted by Gasteiger charge is 2.35. The second-order valence-corrected chi connectivity index (χ2v) is 11.5. The zero-order valence-corrected chi connectivity index (χ0v) is 22.5. The van der Waals surface area contributed by atoms with Crippen molar-refractivity contribution in [2.45, 2.75) is 75.5 Å². The highest BCUT2D eigenvalue weighted by Crippen LogP contribution is 2.36. The van der Waals surface area contributed by atoms with Crippen molar-refractivity contribution in [3.8, 4) is 11.1 Å². The lowest BCUT2D eigenvalue weighted by atomic mass is 9.54. The number of piperidine rings is 1. The molecule has 41 heavy (non-hydrogen) atoms. The third-order valence-electron chi connectivity index (χ3n) is 7.99. The van der Waals surface area contributed by atoms with Crippen molar-refractivity contribution < 1.29 is 22.0 Å². The first-order valence-electron chi connectivity index (χ1n) is 13.7. The Kier molecular flexibility index (Phi) is 7.24. The molecule has 4 heterocycles. The van der Waals surface area contributed by atoms with Crippen LogP contribution in [0.1, 0.15) is 38.3 Å². The summed E-state index contributed by atoms with van der Waals surface area (Å²) in [5, 5.41) is 6.22. The summed E-state index contributed by atoms with van der Waals surface area (Å²) < 4.78 is 74.4. The number of halogens is 5. The molecule has 1 N–H and O–H groups in total. The number of likely N-dealkylation sites (tertiary alicyclic amines) is 1. The van der Waals surface area contributed by atoms with Crippen LogP contribution in [0.4, 0.5) is 27.9 Å². The van der Waals surface area contributed by atoms with Gasteiger partial charge in [0.05, 0.1) is 57.5 Å². The normalized spacial score (nSPS) is 20.8. The molecule has 0 bridgehead atoms. The molecule has 2 atom stereocenters. The molecule has 1 aliphatic heterocycles. The van der Waals surface area contributed by atoms with E-state index in [1.807, 2.05) is 0 Å². The fourth-order valence-electron chi connectivity index (χ4n) is 5.84. The van der Waals surface area contributed by atoms with Gasteiger partial charge in [-0.3, -0.25) is 4.90 Å². The highest BCUT2D eigenvalue weighted by atomic mass is 19.3. The van der Waals surface area contributed by atoms with Gasteiger partial charge in [-0.1, -0.05) is 18.6 Å². The fourth-order valence-corrected chi connectivity index (χ4v) is 5.84. The highest BCUT2D eigenvalue weighted by molar-refractivity contribution is 6.39. The molecule has 4 radical (unpaired) electrons. The Morgan fingerprint density at radius 3 is 2.59 bits per heavy atom. The van der Waals surface area contributed by atoms with Crippen LogP contribution in [0.15, 0.2) is 24.7 Å². The van der Waals surface area contributed by atoms with E-state index in [1.165, 1.54) is 17.0 Å². The van der Waals surface area contributed by atoms with E-state index in [4.69, 9.17) is 15.7 Å². The van der Waals surface area contributed by atoms with Gasteiger partial charge < -0.3 is 9.88 Å². The average Bonchev–Trinajstić information content (AvgIpc) is 3.39. The minimum atomic E-state index is -2.70. The molecular weight excluding hydrogens is 539 g/mol. The molecule has 1 unspecified atom stereocenters. The average molecular weight is 567 g/mol. The topological polar surface area (TPSA) is 63.3 Å². The summed E-state index contributed by atoms with van der Waals surface area (Å²) in [5.74, 6) is -1.46. The van der Waals surface area contributed by atoms with Gasteiger partial charge in [-0.25, -0.2) is 36.4 Å². The summed E-state index contributed by atoms with van der Waals surface area (Å²) in [6.45, 7) is 1.94. The Hall–Kier alpha value is -3.15. The fraction of sp³-hybridized carbons (Fsp3) is 0.519. The van der Waals surface area contributed by atoms with E-state index < -0.39 is 42.0 Å². The second kappa shape index (κ2) is 10.6. The molecule has 6 rings (SSSR count). The van der Waals surface area contributed by atoms with Gasteiger partial charge >= 0.3 is 0 Å². The maximum atomic E-state index is 15.6. The standard InChI is InChI=1S/C27H28B2F5N7/c1-27(28,29)9-20-25-23(14-7-16(30)24-21(8-14)40(13-35-24)12-22(33)34)18(32)11-41(25)38-26(37-20)36-19-5-6-39(10-17(19)31)15-3-2-4-15/h7-8,11,13,15,17,19,22H,2-6,9-10,12H2,1H3,(H,36,38)/t17-,19?/m0/s1. The molecule has 7 nitrogen and oxygen atoms in total. The number of aromatic nitrogens is 5. The van der Waals surface area contributed by atoms with E-state index in [9.17, 15) is 8.78 Å². The van der Waals surface area contributed by atoms with Crippen molar-refractivity contribution >= 4 is 38.2 Å². The lowest BCUT2D eigenvalue weighted by molar-refractivity contribution is 0.0552. The molecule has 1 aromatic carbocycles. The van der Waals surface area contributed by atoms with Gasteiger partial charge in [0.25, 0.3) is 6.43 Å². The molecule has 1 saturated carbocycles. The molecule has 3 aromatic heterocycles. The predicted molar refractivity (Wildman–Crippen MR) is 147 cm³/mol. The maximum absolute atomic E-state index is 15.6. The van der Waals surface area contributed by atoms with E-state index >= 15 is 13.2 Å². The summed E-state index contributed by atoms with van der Waals surface area (Å²) in [4.78, 5) is 10.7. The van der Waals surface area contributed by atoms with Gasteiger partial charge in [-0.2, -0.15) is 0 Å². The first-order valence-corrected chi connectivity index (χ1v) is 13.7. The third-order valence-corrected chi connectivity index (χ3v) is 7.99. The first kappa shape index (κ1) is 28.0. The van der Waals surface area contributed by atoms with Crippen LogP contribution in [0.5, 0.6) is 0 Å². The minimum Gasteiger partial charge on any atom is -0.347 e. The third kappa shape index (κ3) is 5.54. The first-order chi connectivity index (χ1) is 19.5. The van der Waals surface area contributed by atoms with Gasteiger partial charge in [-0.05, 0) is 43.4 Å². The van der Waals surface area contributed by atoms with E-state index in [-0.39, 0.29) is 45.7 Å². The number of rotatable bonds is 8. The minimum absolute atomic E-state index is 0.0165. The van der Waals surface area contributed by atoms with E-state index in [2.05, 4.69) is 25.3 Å². The zero-order valence-electron chi connectivity index (χ0n) is 22.5. The number of alkyl halides is 3. The molecule has 0 amide bonds. The van der Waals surface area contributed by atoms with Crippen molar-refractivity contribution in [1.82, 2.24) is 29.0 Å². The lowest BCUT2D eigenvalue weighted by Crippen LogP contribution is -2.53. The number of hydrogen-bond donors (Lipinski definition) is 1. The Morgan fingerprint density at radius 1 is 1.15 bits per heavy atom. The van der Waals surface area contributed by atoms with E-state index in [0.29, 0.717) is 19.0 Å². The van der Waals surface area contributed by atoms with Crippen LogP contribution in [0.25, 0.3) is 27.7 Å². The van der Waals surface area contributed by atoms with E-state index in [1.54, 1.807) is 6.92 Å². The van der Waals surface area contributed by atoms with Gasteiger partial charge in [0.2, 0.25) is 5.95 Å².